The molecule has 9 heteroatoms. The van der Waals surface area contributed by atoms with Crippen molar-refractivity contribution in [1.82, 2.24) is 10.6 Å². The van der Waals surface area contributed by atoms with Crippen LogP contribution in [0.5, 0.6) is 5.75 Å². The summed E-state index contributed by atoms with van der Waals surface area (Å²) in [4.78, 5) is 24.1. The largest absolute Gasteiger partial charge is 0.482 e. The SMILES string of the molecule is Cl.O=C(COc1cc2oc(=O)c3c(c2cc1Cl)CCC3)NCC1CNCCO1. The van der Waals surface area contributed by atoms with Gasteiger partial charge in [-0.15, -0.1) is 12.4 Å². The summed E-state index contributed by atoms with van der Waals surface area (Å²) in [6, 6.07) is 3.33. The molecule has 0 radical (unpaired) electrons. The highest BCUT2D eigenvalue weighted by Gasteiger charge is 2.21. The Bertz CT molecular complexity index is 925. The minimum Gasteiger partial charge on any atom is -0.482 e. The van der Waals surface area contributed by atoms with E-state index in [1.165, 1.54) is 0 Å². The summed E-state index contributed by atoms with van der Waals surface area (Å²) >= 11 is 6.32. The van der Waals surface area contributed by atoms with Crippen molar-refractivity contribution >= 4 is 40.9 Å². The number of halogens is 2. The van der Waals surface area contributed by atoms with Crippen molar-refractivity contribution < 1.29 is 18.7 Å². The summed E-state index contributed by atoms with van der Waals surface area (Å²) in [5.41, 5.74) is 1.88. The first-order valence-corrected chi connectivity index (χ1v) is 9.49. The van der Waals surface area contributed by atoms with Crippen molar-refractivity contribution in [2.75, 3.05) is 32.8 Å². The lowest BCUT2D eigenvalue weighted by Crippen LogP contribution is -2.45. The van der Waals surface area contributed by atoms with E-state index in [-0.39, 0.29) is 36.7 Å². The van der Waals surface area contributed by atoms with Gasteiger partial charge in [0.1, 0.15) is 11.3 Å². The van der Waals surface area contributed by atoms with Crippen molar-refractivity contribution in [1.29, 1.82) is 0 Å². The molecule has 1 aliphatic carbocycles. The molecule has 1 aromatic carbocycles. The maximum Gasteiger partial charge on any atom is 0.339 e. The Morgan fingerprint density at radius 1 is 1.32 bits per heavy atom. The van der Waals surface area contributed by atoms with Gasteiger partial charge in [0.05, 0.1) is 17.7 Å². The maximum atomic E-state index is 12.1. The van der Waals surface area contributed by atoms with Crippen molar-refractivity contribution in [3.8, 4) is 5.75 Å². The number of carbonyl (C=O) groups is 1. The van der Waals surface area contributed by atoms with E-state index in [2.05, 4.69) is 10.6 Å². The molecular formula is C19H22Cl2N2O5. The zero-order valence-electron chi connectivity index (χ0n) is 15.2. The molecular weight excluding hydrogens is 407 g/mol. The Kier molecular flexibility index (Phi) is 6.82. The second-order valence-corrected chi connectivity index (χ2v) is 7.18. The van der Waals surface area contributed by atoms with E-state index in [0.29, 0.717) is 36.1 Å². The highest BCUT2D eigenvalue weighted by atomic mass is 35.5. The van der Waals surface area contributed by atoms with Crippen LogP contribution in [0.25, 0.3) is 11.0 Å². The lowest BCUT2D eigenvalue weighted by Gasteiger charge is -2.23. The smallest absolute Gasteiger partial charge is 0.339 e. The lowest BCUT2D eigenvalue weighted by atomic mass is 10.1. The van der Waals surface area contributed by atoms with Crippen LogP contribution in [-0.4, -0.2) is 44.9 Å². The van der Waals surface area contributed by atoms with Gasteiger partial charge in [-0.05, 0) is 30.9 Å². The van der Waals surface area contributed by atoms with Crippen LogP contribution >= 0.6 is 24.0 Å². The quantitative estimate of drug-likeness (QED) is 0.706. The number of amides is 1. The summed E-state index contributed by atoms with van der Waals surface area (Å²) in [7, 11) is 0. The summed E-state index contributed by atoms with van der Waals surface area (Å²) in [5, 5.41) is 7.20. The second kappa shape index (κ2) is 9.13. The van der Waals surface area contributed by atoms with Gasteiger partial charge < -0.3 is 24.5 Å². The Balaban J connectivity index is 0.00000225. The Labute approximate surface area is 173 Å². The third-order valence-electron chi connectivity index (χ3n) is 4.92. The van der Waals surface area contributed by atoms with Crippen LogP contribution < -0.4 is 21.0 Å². The van der Waals surface area contributed by atoms with Crippen LogP contribution in [0.4, 0.5) is 0 Å². The number of benzene rings is 1. The number of fused-ring (bicyclic) bond motifs is 3. The van der Waals surface area contributed by atoms with Gasteiger partial charge in [0.2, 0.25) is 0 Å². The van der Waals surface area contributed by atoms with Crippen molar-refractivity contribution in [2.45, 2.75) is 25.4 Å². The van der Waals surface area contributed by atoms with E-state index >= 15 is 0 Å². The van der Waals surface area contributed by atoms with Crippen LogP contribution in [-0.2, 0) is 22.4 Å². The highest BCUT2D eigenvalue weighted by Crippen LogP contribution is 2.34. The molecule has 1 fully saturated rings. The summed E-state index contributed by atoms with van der Waals surface area (Å²) in [5.74, 6) is 0.0479. The first kappa shape index (κ1) is 20.9. The van der Waals surface area contributed by atoms with Crippen LogP contribution in [0, 0.1) is 0 Å². The summed E-state index contributed by atoms with van der Waals surface area (Å²) in [6.45, 7) is 2.41. The second-order valence-electron chi connectivity index (χ2n) is 6.77. The molecule has 1 aromatic heterocycles. The normalized spacial score (nSPS) is 18.4. The van der Waals surface area contributed by atoms with E-state index in [9.17, 15) is 9.59 Å². The number of aryl methyl sites for hydroxylation is 1. The molecule has 2 N–H and O–H groups in total. The number of rotatable bonds is 5. The zero-order chi connectivity index (χ0) is 18.8. The van der Waals surface area contributed by atoms with E-state index in [1.54, 1.807) is 12.1 Å². The first-order valence-electron chi connectivity index (χ1n) is 9.12. The topological polar surface area (TPSA) is 89.8 Å². The number of carbonyl (C=O) groups excluding carboxylic acids is 1. The highest BCUT2D eigenvalue weighted by molar-refractivity contribution is 6.32. The molecule has 1 atom stereocenters. The summed E-state index contributed by atoms with van der Waals surface area (Å²) in [6.07, 6.45) is 2.48. The van der Waals surface area contributed by atoms with E-state index in [1.807, 2.05) is 0 Å². The first-order chi connectivity index (χ1) is 13.1. The maximum absolute atomic E-state index is 12.1. The fourth-order valence-electron chi connectivity index (χ4n) is 3.57. The molecule has 28 heavy (non-hydrogen) atoms. The Morgan fingerprint density at radius 3 is 2.93 bits per heavy atom. The van der Waals surface area contributed by atoms with Gasteiger partial charge in [0.15, 0.2) is 6.61 Å². The van der Waals surface area contributed by atoms with Crippen molar-refractivity contribution in [3.63, 3.8) is 0 Å². The third kappa shape index (κ3) is 4.43. The zero-order valence-corrected chi connectivity index (χ0v) is 16.8. The summed E-state index contributed by atoms with van der Waals surface area (Å²) < 4.78 is 16.5. The van der Waals surface area contributed by atoms with E-state index in [0.717, 1.165) is 42.3 Å². The molecule has 0 bridgehead atoms. The lowest BCUT2D eigenvalue weighted by molar-refractivity contribution is -0.123. The van der Waals surface area contributed by atoms with Gasteiger partial charge in [-0.3, -0.25) is 4.79 Å². The van der Waals surface area contributed by atoms with E-state index < -0.39 is 0 Å². The number of ether oxygens (including phenoxy) is 2. The molecule has 2 heterocycles. The molecule has 0 spiro atoms. The molecule has 0 saturated carbocycles. The van der Waals surface area contributed by atoms with Gasteiger partial charge in [-0.1, -0.05) is 11.6 Å². The predicted octanol–water partition coefficient (Wildman–Crippen LogP) is 1.84. The van der Waals surface area contributed by atoms with Gasteiger partial charge in [-0.2, -0.15) is 0 Å². The minimum absolute atomic E-state index is 0. The molecule has 2 aromatic rings. The van der Waals surface area contributed by atoms with Gasteiger partial charge in [0.25, 0.3) is 5.91 Å². The average molecular weight is 429 g/mol. The Morgan fingerprint density at radius 2 is 2.14 bits per heavy atom. The van der Waals surface area contributed by atoms with Crippen LogP contribution in [0.1, 0.15) is 17.5 Å². The Hall–Kier alpha value is -1.80. The monoisotopic (exact) mass is 428 g/mol. The van der Waals surface area contributed by atoms with Crippen LogP contribution in [0.2, 0.25) is 5.02 Å². The molecule has 1 unspecified atom stereocenters. The predicted molar refractivity (Wildman–Crippen MR) is 108 cm³/mol. The van der Waals surface area contributed by atoms with Crippen LogP contribution in [0.15, 0.2) is 21.3 Å². The number of morpholine rings is 1. The third-order valence-corrected chi connectivity index (χ3v) is 5.21. The molecule has 4 rings (SSSR count). The van der Waals surface area contributed by atoms with E-state index in [4.69, 9.17) is 25.5 Å². The van der Waals surface area contributed by atoms with Gasteiger partial charge in [0, 0.05) is 36.7 Å². The average Bonchev–Trinajstić information content (AvgIpc) is 3.17. The number of hydrogen-bond donors (Lipinski definition) is 2. The van der Waals surface area contributed by atoms with Crippen molar-refractivity contribution in [3.05, 3.63) is 38.7 Å². The molecule has 152 valence electrons. The molecule has 1 amide bonds. The standard InChI is InChI=1S/C19H21ClN2O5.ClH/c20-15-6-14-12-2-1-3-13(12)19(24)27-16(14)7-17(15)26-10-18(23)22-9-11-8-21-4-5-25-11;/h6-7,11,21H,1-5,8-10H2,(H,22,23);1H. The molecule has 2 aliphatic rings. The number of hydrogen-bond acceptors (Lipinski definition) is 6. The molecule has 1 aliphatic heterocycles. The fourth-order valence-corrected chi connectivity index (χ4v) is 3.78. The van der Waals surface area contributed by atoms with Gasteiger partial charge >= 0.3 is 5.63 Å². The van der Waals surface area contributed by atoms with Crippen molar-refractivity contribution in [2.24, 2.45) is 0 Å². The molecule has 1 saturated heterocycles. The molecule has 7 nitrogen and oxygen atoms in total. The van der Waals surface area contributed by atoms with Crippen LogP contribution in [0.3, 0.4) is 0 Å². The fraction of sp³-hybridized carbons (Fsp3) is 0.474. The van der Waals surface area contributed by atoms with Gasteiger partial charge in [-0.25, -0.2) is 4.79 Å². The number of nitrogens with one attached hydrogen (secondary N) is 2. The minimum atomic E-state index is -0.304.